The summed E-state index contributed by atoms with van der Waals surface area (Å²) < 4.78 is 59.2. The van der Waals surface area contributed by atoms with Crippen LogP contribution in [0.1, 0.15) is 20.3 Å². The van der Waals surface area contributed by atoms with Crippen LogP contribution < -0.4 is 0 Å². The highest BCUT2D eigenvalue weighted by molar-refractivity contribution is 4.77. The second kappa shape index (κ2) is 2.81. The molecule has 0 aromatic heterocycles. The van der Waals surface area contributed by atoms with Crippen LogP contribution in [0.4, 0.5) is 17.6 Å². The highest BCUT2D eigenvalue weighted by Crippen LogP contribution is 2.38. The van der Waals surface area contributed by atoms with Crippen molar-refractivity contribution in [2.45, 2.75) is 38.1 Å². The second-order valence-corrected chi connectivity index (χ2v) is 3.41. The van der Waals surface area contributed by atoms with Gasteiger partial charge < -0.3 is 4.74 Å². The van der Waals surface area contributed by atoms with Crippen LogP contribution in [0.2, 0.25) is 0 Å². The van der Waals surface area contributed by atoms with Crippen LogP contribution in [0.3, 0.4) is 0 Å². The van der Waals surface area contributed by atoms with Gasteiger partial charge in [-0.2, -0.15) is 8.78 Å². The Labute approximate surface area is 72.8 Å². The average molecular weight is 202 g/mol. The number of halogens is 4. The van der Waals surface area contributed by atoms with Crippen LogP contribution in [0.5, 0.6) is 0 Å². The van der Waals surface area contributed by atoms with Crippen molar-refractivity contribution < 1.29 is 27.0 Å². The summed E-state index contributed by atoms with van der Waals surface area (Å²) in [5, 5.41) is 0. The Balaban J connectivity index is 2.82. The van der Waals surface area contributed by atoms with E-state index >= 15 is 0 Å². The lowest BCUT2D eigenvalue weighted by molar-refractivity contribution is -0.325. The predicted octanol–water partition coefficient (Wildman–Crippen LogP) is 2.39. The molecule has 0 aromatic rings. The molecule has 0 aromatic carbocycles. The molecule has 0 aliphatic carbocycles. The first kappa shape index (κ1) is 10.7. The van der Waals surface area contributed by atoms with E-state index < -0.39 is 30.8 Å². The summed E-state index contributed by atoms with van der Waals surface area (Å²) in [5.74, 6) is -5.15. The molecule has 2 unspecified atom stereocenters. The smallest absolute Gasteiger partial charge is 0.337 e. The minimum Gasteiger partial charge on any atom is -0.337 e. The normalized spacial score (nSPS) is 45.7. The van der Waals surface area contributed by atoms with Gasteiger partial charge in [0.1, 0.15) is 6.61 Å². The average Bonchev–Trinajstić information content (AvgIpc) is 1.83. The van der Waals surface area contributed by atoms with E-state index in [2.05, 4.69) is 9.47 Å². The van der Waals surface area contributed by atoms with Gasteiger partial charge in [-0.25, -0.2) is 8.78 Å². The summed E-state index contributed by atoms with van der Waals surface area (Å²) in [4.78, 5) is 0. The van der Waals surface area contributed by atoms with Crippen LogP contribution in [-0.2, 0) is 9.47 Å². The van der Waals surface area contributed by atoms with Crippen molar-refractivity contribution in [1.29, 1.82) is 0 Å². The molecule has 2 atom stereocenters. The van der Waals surface area contributed by atoms with Crippen LogP contribution in [0.25, 0.3) is 0 Å². The molecule has 1 saturated heterocycles. The lowest BCUT2D eigenvalue weighted by Gasteiger charge is -2.24. The molecule has 0 radical (unpaired) electrons. The number of hydrogen-bond acceptors (Lipinski definition) is 2. The predicted molar refractivity (Wildman–Crippen MR) is 35.6 cm³/mol. The standard InChI is InChI=1S/C7H10F4O2/c1-5(8)3-6(2,9)13-7(10,11)4-12-5/h3-4H2,1-2H3. The van der Waals surface area contributed by atoms with Gasteiger partial charge in [-0.15, -0.1) is 0 Å². The Hall–Kier alpha value is -0.360. The van der Waals surface area contributed by atoms with Gasteiger partial charge in [-0.1, -0.05) is 0 Å². The maximum Gasteiger partial charge on any atom is 0.381 e. The molecule has 0 N–H and O–H groups in total. The SMILES string of the molecule is CC1(F)CC(C)(F)OC(F)(F)CO1. The third kappa shape index (κ3) is 3.11. The van der Waals surface area contributed by atoms with Gasteiger partial charge in [0, 0.05) is 0 Å². The summed E-state index contributed by atoms with van der Waals surface area (Å²) >= 11 is 0. The number of hydrogen-bond donors (Lipinski definition) is 0. The topological polar surface area (TPSA) is 18.5 Å². The van der Waals surface area contributed by atoms with Crippen molar-refractivity contribution >= 4 is 0 Å². The molecule has 1 heterocycles. The minimum atomic E-state index is -3.78. The number of alkyl halides is 4. The zero-order valence-electron chi connectivity index (χ0n) is 7.24. The van der Waals surface area contributed by atoms with E-state index in [-0.39, 0.29) is 0 Å². The van der Waals surface area contributed by atoms with E-state index in [0.29, 0.717) is 0 Å². The van der Waals surface area contributed by atoms with Crippen molar-refractivity contribution in [1.82, 2.24) is 0 Å². The molecular formula is C7H10F4O2. The third-order valence-electron chi connectivity index (χ3n) is 1.53. The molecule has 1 aliphatic heterocycles. The van der Waals surface area contributed by atoms with Crippen molar-refractivity contribution in [3.05, 3.63) is 0 Å². The van der Waals surface area contributed by atoms with Gasteiger partial charge in [0.25, 0.3) is 0 Å². The zero-order valence-corrected chi connectivity index (χ0v) is 7.24. The maximum absolute atomic E-state index is 13.1. The molecule has 0 bridgehead atoms. The quantitative estimate of drug-likeness (QED) is 0.561. The van der Waals surface area contributed by atoms with Gasteiger partial charge in [0.05, 0.1) is 6.42 Å². The molecule has 0 spiro atoms. The molecule has 1 aliphatic rings. The fraction of sp³-hybridized carbons (Fsp3) is 1.00. The van der Waals surface area contributed by atoms with Gasteiger partial charge in [0.2, 0.25) is 11.7 Å². The lowest BCUT2D eigenvalue weighted by Crippen LogP contribution is -2.35. The Bertz CT molecular complexity index is 183. The maximum atomic E-state index is 13.1. The van der Waals surface area contributed by atoms with Gasteiger partial charge in [-0.3, -0.25) is 4.74 Å². The Kier molecular flexibility index (Phi) is 2.32. The summed E-state index contributed by atoms with van der Waals surface area (Å²) in [6, 6.07) is 0. The Morgan fingerprint density at radius 2 is 1.54 bits per heavy atom. The van der Waals surface area contributed by atoms with E-state index in [1.54, 1.807) is 0 Å². The van der Waals surface area contributed by atoms with E-state index in [9.17, 15) is 17.6 Å². The molecular weight excluding hydrogens is 192 g/mol. The molecule has 1 rings (SSSR count). The third-order valence-corrected chi connectivity index (χ3v) is 1.53. The Morgan fingerprint density at radius 3 is 2.08 bits per heavy atom. The summed E-state index contributed by atoms with van der Waals surface area (Å²) in [5.41, 5.74) is 0. The van der Waals surface area contributed by atoms with Crippen molar-refractivity contribution in [3.63, 3.8) is 0 Å². The van der Waals surface area contributed by atoms with Gasteiger partial charge in [-0.05, 0) is 13.8 Å². The van der Waals surface area contributed by atoms with E-state index in [1.165, 1.54) is 0 Å². The van der Waals surface area contributed by atoms with Crippen molar-refractivity contribution in [2.24, 2.45) is 0 Å². The monoisotopic (exact) mass is 202 g/mol. The summed E-state index contributed by atoms with van der Waals surface area (Å²) in [6.45, 7) is 0.350. The fourth-order valence-corrected chi connectivity index (χ4v) is 1.23. The second-order valence-electron chi connectivity index (χ2n) is 3.41. The number of rotatable bonds is 0. The van der Waals surface area contributed by atoms with Crippen LogP contribution >= 0.6 is 0 Å². The molecule has 0 saturated carbocycles. The molecule has 6 heteroatoms. The molecule has 1 fully saturated rings. The van der Waals surface area contributed by atoms with E-state index in [0.717, 1.165) is 13.8 Å². The van der Waals surface area contributed by atoms with E-state index in [4.69, 9.17) is 0 Å². The summed E-state index contributed by atoms with van der Waals surface area (Å²) in [7, 11) is 0. The summed E-state index contributed by atoms with van der Waals surface area (Å²) in [6.07, 6.45) is -4.66. The lowest BCUT2D eigenvalue weighted by atomic mass is 10.1. The van der Waals surface area contributed by atoms with E-state index in [1.807, 2.05) is 0 Å². The molecule has 2 nitrogen and oxygen atoms in total. The van der Waals surface area contributed by atoms with Gasteiger partial charge >= 0.3 is 6.11 Å². The molecule has 0 amide bonds. The largest absolute Gasteiger partial charge is 0.381 e. The first-order chi connectivity index (χ1) is 5.62. The first-order valence-corrected chi connectivity index (χ1v) is 3.72. The molecule has 13 heavy (non-hydrogen) atoms. The van der Waals surface area contributed by atoms with Crippen LogP contribution in [-0.4, -0.2) is 24.4 Å². The van der Waals surface area contributed by atoms with Crippen LogP contribution in [0.15, 0.2) is 0 Å². The highest BCUT2D eigenvalue weighted by Gasteiger charge is 2.50. The first-order valence-electron chi connectivity index (χ1n) is 3.72. The number of ether oxygens (including phenoxy) is 2. The zero-order chi connectivity index (χ0) is 10.3. The molecule has 78 valence electrons. The minimum absolute atomic E-state index is 0.743. The van der Waals surface area contributed by atoms with Crippen molar-refractivity contribution in [2.75, 3.05) is 6.61 Å². The van der Waals surface area contributed by atoms with Gasteiger partial charge in [0.15, 0.2) is 0 Å². The fourth-order valence-electron chi connectivity index (χ4n) is 1.23. The Morgan fingerprint density at radius 1 is 1.00 bits per heavy atom. The van der Waals surface area contributed by atoms with Crippen LogP contribution in [0, 0.1) is 0 Å². The highest BCUT2D eigenvalue weighted by atomic mass is 19.3. The van der Waals surface area contributed by atoms with Crippen molar-refractivity contribution in [3.8, 4) is 0 Å².